The predicted octanol–water partition coefficient (Wildman–Crippen LogP) is 2.21. The number of esters is 1. The molecular weight excluding hydrogens is 160 g/mol. The zero-order chi connectivity index (χ0) is 8.53. The van der Waals surface area contributed by atoms with Gasteiger partial charge in [0, 0.05) is 0 Å². The maximum absolute atomic E-state index is 10.8. The smallest absolute Gasteiger partial charge is 0.316 e. The van der Waals surface area contributed by atoms with E-state index in [2.05, 4.69) is 13.5 Å². The Bertz CT molecular complexity index is 123. The molecule has 0 saturated heterocycles. The maximum Gasteiger partial charge on any atom is 0.316 e. The molecule has 0 amide bonds. The molecule has 0 aromatic rings. The number of hydrogen-bond acceptors (Lipinski definition) is 3. The minimum atomic E-state index is -0.150. The van der Waals surface area contributed by atoms with E-state index in [1.54, 1.807) is 5.41 Å². The topological polar surface area (TPSA) is 26.3 Å². The van der Waals surface area contributed by atoms with Crippen LogP contribution < -0.4 is 0 Å². The van der Waals surface area contributed by atoms with Gasteiger partial charge in [-0.05, 0) is 11.8 Å². The predicted molar refractivity (Wildman–Crippen MR) is 48.5 cm³/mol. The minimum Gasteiger partial charge on any atom is -0.465 e. The molecule has 0 atom stereocenters. The third kappa shape index (κ3) is 7.46. The van der Waals surface area contributed by atoms with Gasteiger partial charge >= 0.3 is 5.97 Å². The number of carbonyl (C=O) groups is 1. The Morgan fingerprint density at radius 1 is 1.73 bits per heavy atom. The van der Waals surface area contributed by atoms with E-state index < -0.39 is 0 Å². The first-order chi connectivity index (χ1) is 5.31. The molecule has 0 N–H and O–H groups in total. The van der Waals surface area contributed by atoms with Gasteiger partial charge in [0.1, 0.15) is 0 Å². The van der Waals surface area contributed by atoms with Crippen molar-refractivity contribution in [3.05, 3.63) is 12.0 Å². The fourth-order valence-electron chi connectivity index (χ4n) is 0.499. The fraction of sp³-hybridized carbons (Fsp3) is 0.625. The van der Waals surface area contributed by atoms with Crippen molar-refractivity contribution >= 4 is 17.7 Å². The number of thioether (sulfide) groups is 1. The van der Waals surface area contributed by atoms with Gasteiger partial charge in [0.2, 0.25) is 0 Å². The van der Waals surface area contributed by atoms with E-state index in [0.717, 1.165) is 12.8 Å². The van der Waals surface area contributed by atoms with Crippen LogP contribution >= 0.6 is 11.8 Å². The van der Waals surface area contributed by atoms with Gasteiger partial charge in [-0.25, -0.2) is 0 Å². The highest BCUT2D eigenvalue weighted by Gasteiger charge is 1.99. The van der Waals surface area contributed by atoms with Crippen LogP contribution in [0.25, 0.3) is 0 Å². The largest absolute Gasteiger partial charge is 0.465 e. The van der Waals surface area contributed by atoms with Crippen LogP contribution in [0.4, 0.5) is 0 Å². The van der Waals surface area contributed by atoms with Gasteiger partial charge < -0.3 is 4.74 Å². The van der Waals surface area contributed by atoms with Crippen molar-refractivity contribution in [3.63, 3.8) is 0 Å². The molecule has 11 heavy (non-hydrogen) atoms. The summed E-state index contributed by atoms with van der Waals surface area (Å²) in [6, 6.07) is 0. The van der Waals surface area contributed by atoms with Crippen molar-refractivity contribution in [1.82, 2.24) is 0 Å². The van der Waals surface area contributed by atoms with Gasteiger partial charge in [-0.2, -0.15) is 0 Å². The van der Waals surface area contributed by atoms with Gasteiger partial charge in [-0.15, -0.1) is 11.8 Å². The van der Waals surface area contributed by atoms with Crippen LogP contribution in [-0.2, 0) is 9.53 Å². The van der Waals surface area contributed by atoms with E-state index in [1.807, 2.05) is 0 Å². The molecule has 0 bridgehead atoms. The van der Waals surface area contributed by atoms with E-state index in [9.17, 15) is 4.79 Å². The van der Waals surface area contributed by atoms with Gasteiger partial charge in [0.05, 0.1) is 12.4 Å². The highest BCUT2D eigenvalue weighted by Crippen LogP contribution is 2.00. The number of unbranched alkanes of at least 4 members (excludes halogenated alkanes) is 1. The summed E-state index contributed by atoms with van der Waals surface area (Å²) >= 11 is 1.36. The molecule has 0 aliphatic heterocycles. The number of carbonyl (C=O) groups excluding carboxylic acids is 1. The van der Waals surface area contributed by atoms with Crippen molar-refractivity contribution in [2.45, 2.75) is 19.8 Å². The van der Waals surface area contributed by atoms with Crippen molar-refractivity contribution < 1.29 is 9.53 Å². The van der Waals surface area contributed by atoms with Crippen LogP contribution in [0, 0.1) is 0 Å². The molecule has 0 fully saturated rings. The van der Waals surface area contributed by atoms with E-state index >= 15 is 0 Å². The van der Waals surface area contributed by atoms with Crippen molar-refractivity contribution in [3.8, 4) is 0 Å². The van der Waals surface area contributed by atoms with Crippen LogP contribution in [0.15, 0.2) is 12.0 Å². The fourth-order valence-corrected chi connectivity index (χ4v) is 0.836. The van der Waals surface area contributed by atoms with E-state index in [1.165, 1.54) is 11.8 Å². The van der Waals surface area contributed by atoms with Crippen LogP contribution in [0.3, 0.4) is 0 Å². The molecule has 64 valence electrons. The summed E-state index contributed by atoms with van der Waals surface area (Å²) in [5.74, 6) is 0.232. The van der Waals surface area contributed by atoms with Gasteiger partial charge in [-0.3, -0.25) is 4.79 Å². The third-order valence-corrected chi connectivity index (χ3v) is 1.72. The highest BCUT2D eigenvalue weighted by molar-refractivity contribution is 8.02. The second kappa shape index (κ2) is 7.66. The number of rotatable bonds is 6. The SMILES string of the molecule is C=CSCC(=O)OCCCC. The maximum atomic E-state index is 10.8. The molecule has 0 aromatic heterocycles. The molecule has 0 aliphatic carbocycles. The van der Waals surface area contributed by atoms with Crippen LogP contribution in [-0.4, -0.2) is 18.3 Å². The van der Waals surface area contributed by atoms with E-state index in [4.69, 9.17) is 4.74 Å². The van der Waals surface area contributed by atoms with Gasteiger partial charge in [0.15, 0.2) is 0 Å². The highest BCUT2D eigenvalue weighted by atomic mass is 32.2. The Hall–Kier alpha value is -0.440. The Balaban J connectivity index is 3.15. The third-order valence-electron chi connectivity index (χ3n) is 1.08. The lowest BCUT2D eigenvalue weighted by atomic mass is 10.4. The van der Waals surface area contributed by atoms with Crippen molar-refractivity contribution in [2.24, 2.45) is 0 Å². The summed E-state index contributed by atoms with van der Waals surface area (Å²) in [7, 11) is 0. The molecule has 0 rings (SSSR count). The molecule has 0 aliphatic rings. The summed E-state index contributed by atoms with van der Waals surface area (Å²) in [4.78, 5) is 10.8. The Labute approximate surface area is 72.0 Å². The first-order valence-corrected chi connectivity index (χ1v) is 4.74. The summed E-state index contributed by atoms with van der Waals surface area (Å²) in [5, 5.41) is 1.64. The summed E-state index contributed by atoms with van der Waals surface area (Å²) in [6.45, 7) is 6.09. The van der Waals surface area contributed by atoms with Crippen LogP contribution in [0.2, 0.25) is 0 Å². The summed E-state index contributed by atoms with van der Waals surface area (Å²) in [5.41, 5.74) is 0. The molecule has 0 unspecified atom stereocenters. The molecule has 2 nitrogen and oxygen atoms in total. The number of hydrogen-bond donors (Lipinski definition) is 0. The molecule has 0 spiro atoms. The molecule has 0 radical (unpaired) electrons. The molecule has 0 saturated carbocycles. The second-order valence-electron chi connectivity index (χ2n) is 2.05. The van der Waals surface area contributed by atoms with Crippen LogP contribution in [0.1, 0.15) is 19.8 Å². The zero-order valence-corrected chi connectivity index (χ0v) is 7.65. The van der Waals surface area contributed by atoms with Crippen LogP contribution in [0.5, 0.6) is 0 Å². The lowest BCUT2D eigenvalue weighted by molar-refractivity contribution is -0.140. The first kappa shape index (κ1) is 10.6. The van der Waals surface area contributed by atoms with E-state index in [0.29, 0.717) is 12.4 Å². The summed E-state index contributed by atoms with van der Waals surface area (Å²) in [6.07, 6.45) is 2.01. The lowest BCUT2D eigenvalue weighted by Gasteiger charge is -2.00. The Kier molecular flexibility index (Phi) is 7.36. The zero-order valence-electron chi connectivity index (χ0n) is 6.84. The normalized spacial score (nSPS) is 9.18. The summed E-state index contributed by atoms with van der Waals surface area (Å²) < 4.78 is 4.88. The molecule has 0 aromatic carbocycles. The van der Waals surface area contributed by atoms with Gasteiger partial charge in [0.25, 0.3) is 0 Å². The van der Waals surface area contributed by atoms with Crippen molar-refractivity contribution in [2.75, 3.05) is 12.4 Å². The molecular formula is C8H14O2S. The Morgan fingerprint density at radius 3 is 3.00 bits per heavy atom. The second-order valence-corrected chi connectivity index (χ2v) is 3.01. The monoisotopic (exact) mass is 174 g/mol. The van der Waals surface area contributed by atoms with E-state index in [-0.39, 0.29) is 5.97 Å². The molecule has 0 heterocycles. The number of ether oxygens (including phenoxy) is 1. The standard InChI is InChI=1S/C8H14O2S/c1-3-5-6-10-8(9)7-11-4-2/h4H,2-3,5-7H2,1H3. The van der Waals surface area contributed by atoms with Crippen molar-refractivity contribution in [1.29, 1.82) is 0 Å². The minimum absolute atomic E-state index is 0.150. The average Bonchev–Trinajstić information content (AvgIpc) is 2.01. The first-order valence-electron chi connectivity index (χ1n) is 3.69. The Morgan fingerprint density at radius 2 is 2.45 bits per heavy atom. The quantitative estimate of drug-likeness (QED) is 0.456. The van der Waals surface area contributed by atoms with Gasteiger partial charge in [-0.1, -0.05) is 19.9 Å². The lowest BCUT2D eigenvalue weighted by Crippen LogP contribution is -2.07. The average molecular weight is 174 g/mol. The molecule has 3 heteroatoms.